The van der Waals surface area contributed by atoms with Crippen LogP contribution in [-0.4, -0.2) is 32.1 Å². The zero-order valence-corrected chi connectivity index (χ0v) is 14.4. The summed E-state index contributed by atoms with van der Waals surface area (Å²) in [4.78, 5) is 2.18. The van der Waals surface area contributed by atoms with E-state index in [1.165, 1.54) is 11.1 Å². The Morgan fingerprint density at radius 2 is 1.55 bits per heavy atom. The second-order valence-electron chi connectivity index (χ2n) is 6.23. The smallest absolute Gasteiger partial charge is 0.126 e. The lowest BCUT2D eigenvalue weighted by Crippen LogP contribution is -2.16. The molecule has 0 fully saturated rings. The molecule has 0 heterocycles. The van der Waals surface area contributed by atoms with Crippen LogP contribution in [0.15, 0.2) is 12.1 Å². The average Bonchev–Trinajstić information content (AvgIpc) is 2.34. The average molecular weight is 298 g/mol. The maximum Gasteiger partial charge on any atom is 0.126 e. The van der Waals surface area contributed by atoms with Gasteiger partial charge < -0.3 is 9.64 Å². The summed E-state index contributed by atoms with van der Waals surface area (Å²) >= 11 is 6.25. The zero-order valence-electron chi connectivity index (χ0n) is 13.7. The lowest BCUT2D eigenvalue weighted by Gasteiger charge is -2.21. The molecular weight excluding hydrogens is 270 g/mol. The first-order valence-corrected chi connectivity index (χ1v) is 7.81. The Morgan fingerprint density at radius 3 is 1.95 bits per heavy atom. The SMILES string of the molecule is CC(C)c1cc(Cl)cc(C(C)C)c1OCCCN(C)C. The van der Waals surface area contributed by atoms with Crippen LogP contribution >= 0.6 is 11.6 Å². The van der Waals surface area contributed by atoms with Gasteiger partial charge in [-0.25, -0.2) is 0 Å². The van der Waals surface area contributed by atoms with Gasteiger partial charge in [0, 0.05) is 11.6 Å². The van der Waals surface area contributed by atoms with Crippen molar-refractivity contribution in [2.75, 3.05) is 27.2 Å². The fourth-order valence-corrected chi connectivity index (χ4v) is 2.45. The Bertz CT molecular complexity index is 398. The van der Waals surface area contributed by atoms with Crippen molar-refractivity contribution in [2.45, 2.75) is 46.0 Å². The van der Waals surface area contributed by atoms with Gasteiger partial charge in [-0.3, -0.25) is 0 Å². The molecule has 0 atom stereocenters. The monoisotopic (exact) mass is 297 g/mol. The van der Waals surface area contributed by atoms with Crippen molar-refractivity contribution in [1.29, 1.82) is 0 Å². The summed E-state index contributed by atoms with van der Waals surface area (Å²) in [5.41, 5.74) is 2.43. The highest BCUT2D eigenvalue weighted by molar-refractivity contribution is 6.30. The van der Waals surface area contributed by atoms with Gasteiger partial charge in [0.05, 0.1) is 6.61 Å². The molecule has 114 valence electrons. The molecule has 0 radical (unpaired) electrons. The summed E-state index contributed by atoms with van der Waals surface area (Å²) < 4.78 is 6.11. The van der Waals surface area contributed by atoms with Gasteiger partial charge >= 0.3 is 0 Å². The van der Waals surface area contributed by atoms with Gasteiger partial charge in [-0.15, -0.1) is 0 Å². The molecule has 3 heteroatoms. The lowest BCUT2D eigenvalue weighted by atomic mass is 9.94. The Labute approximate surface area is 129 Å². The van der Waals surface area contributed by atoms with E-state index < -0.39 is 0 Å². The van der Waals surface area contributed by atoms with E-state index in [0.29, 0.717) is 11.8 Å². The molecule has 0 unspecified atom stereocenters. The first kappa shape index (κ1) is 17.3. The van der Waals surface area contributed by atoms with Crippen molar-refractivity contribution >= 4 is 11.6 Å². The molecule has 2 nitrogen and oxygen atoms in total. The molecule has 0 N–H and O–H groups in total. The number of ether oxygens (including phenoxy) is 1. The van der Waals surface area contributed by atoms with Crippen LogP contribution in [0.5, 0.6) is 5.75 Å². The summed E-state index contributed by atoms with van der Waals surface area (Å²) in [5.74, 6) is 1.86. The van der Waals surface area contributed by atoms with Crippen LogP contribution in [0.25, 0.3) is 0 Å². The summed E-state index contributed by atoms with van der Waals surface area (Å²) in [5, 5.41) is 0.804. The quantitative estimate of drug-likeness (QED) is 0.663. The molecule has 1 aromatic rings. The van der Waals surface area contributed by atoms with Crippen LogP contribution in [0, 0.1) is 0 Å². The number of hydrogen-bond acceptors (Lipinski definition) is 2. The fraction of sp³-hybridized carbons (Fsp3) is 0.647. The fourth-order valence-electron chi connectivity index (χ4n) is 2.22. The standard InChI is InChI=1S/C17H28ClNO/c1-12(2)15-10-14(18)11-16(13(3)4)17(15)20-9-7-8-19(5)6/h10-13H,7-9H2,1-6H3. The predicted molar refractivity (Wildman–Crippen MR) is 88.3 cm³/mol. The molecule has 0 spiro atoms. The van der Waals surface area contributed by atoms with E-state index in [4.69, 9.17) is 16.3 Å². The Kier molecular flexibility index (Phi) is 6.84. The highest BCUT2D eigenvalue weighted by Gasteiger charge is 2.16. The minimum Gasteiger partial charge on any atom is -0.493 e. The van der Waals surface area contributed by atoms with Gasteiger partial charge in [-0.1, -0.05) is 39.3 Å². The van der Waals surface area contributed by atoms with Crippen LogP contribution < -0.4 is 4.74 Å². The molecule has 0 aromatic heterocycles. The molecule has 0 aliphatic heterocycles. The van der Waals surface area contributed by atoms with Crippen LogP contribution in [0.3, 0.4) is 0 Å². The van der Waals surface area contributed by atoms with Crippen molar-refractivity contribution in [1.82, 2.24) is 4.90 Å². The van der Waals surface area contributed by atoms with Crippen molar-refractivity contribution in [3.05, 3.63) is 28.3 Å². The normalized spacial score (nSPS) is 11.7. The highest BCUT2D eigenvalue weighted by Crippen LogP contribution is 2.37. The summed E-state index contributed by atoms with van der Waals surface area (Å²) in [6.45, 7) is 10.5. The molecular formula is C17H28ClNO. The molecule has 0 amide bonds. The van der Waals surface area contributed by atoms with Crippen LogP contribution in [0.1, 0.15) is 57.1 Å². The Balaban J connectivity index is 2.95. The van der Waals surface area contributed by atoms with Crippen LogP contribution in [0.2, 0.25) is 5.02 Å². The largest absolute Gasteiger partial charge is 0.493 e. The van der Waals surface area contributed by atoms with Gasteiger partial charge in [-0.05, 0) is 55.6 Å². The molecule has 0 saturated heterocycles. The van der Waals surface area contributed by atoms with Crippen LogP contribution in [0.4, 0.5) is 0 Å². The number of halogens is 1. The predicted octanol–water partition coefficient (Wildman–Crippen LogP) is 4.92. The van der Waals surface area contributed by atoms with Crippen molar-refractivity contribution in [3.8, 4) is 5.75 Å². The molecule has 0 bridgehead atoms. The Hall–Kier alpha value is -0.730. The lowest BCUT2D eigenvalue weighted by molar-refractivity contribution is 0.276. The number of hydrogen-bond donors (Lipinski definition) is 0. The second kappa shape index (κ2) is 7.90. The third kappa shape index (κ3) is 4.99. The first-order valence-electron chi connectivity index (χ1n) is 7.43. The number of rotatable bonds is 7. The van der Waals surface area contributed by atoms with Gasteiger partial charge in [0.1, 0.15) is 5.75 Å². The molecule has 0 aliphatic rings. The third-order valence-electron chi connectivity index (χ3n) is 3.35. The van der Waals surface area contributed by atoms with E-state index in [9.17, 15) is 0 Å². The topological polar surface area (TPSA) is 12.5 Å². The van der Waals surface area contributed by atoms with Crippen molar-refractivity contribution in [3.63, 3.8) is 0 Å². The van der Waals surface area contributed by atoms with Crippen LogP contribution in [-0.2, 0) is 0 Å². The van der Waals surface area contributed by atoms with E-state index in [1.807, 2.05) is 12.1 Å². The van der Waals surface area contributed by atoms with E-state index >= 15 is 0 Å². The maximum atomic E-state index is 6.25. The van der Waals surface area contributed by atoms with E-state index in [1.54, 1.807) is 0 Å². The first-order chi connectivity index (χ1) is 9.32. The molecule has 20 heavy (non-hydrogen) atoms. The second-order valence-corrected chi connectivity index (χ2v) is 6.66. The van der Waals surface area contributed by atoms with Gasteiger partial charge in [0.2, 0.25) is 0 Å². The highest BCUT2D eigenvalue weighted by atomic mass is 35.5. The number of benzene rings is 1. The maximum absolute atomic E-state index is 6.25. The van der Waals surface area contributed by atoms with Gasteiger partial charge in [-0.2, -0.15) is 0 Å². The van der Waals surface area contributed by atoms with Gasteiger partial charge in [0.15, 0.2) is 0 Å². The summed E-state index contributed by atoms with van der Waals surface area (Å²) in [6, 6.07) is 4.08. The van der Waals surface area contributed by atoms with E-state index in [2.05, 4.69) is 46.7 Å². The van der Waals surface area contributed by atoms with Crippen molar-refractivity contribution < 1.29 is 4.74 Å². The Morgan fingerprint density at radius 1 is 1.05 bits per heavy atom. The van der Waals surface area contributed by atoms with E-state index in [-0.39, 0.29) is 0 Å². The van der Waals surface area contributed by atoms with Gasteiger partial charge in [0.25, 0.3) is 0 Å². The molecule has 0 aliphatic carbocycles. The molecule has 1 aromatic carbocycles. The minimum absolute atomic E-state index is 0.412. The number of nitrogens with zero attached hydrogens (tertiary/aromatic N) is 1. The summed E-state index contributed by atoms with van der Waals surface area (Å²) in [6.07, 6.45) is 1.03. The molecule has 0 saturated carbocycles. The zero-order chi connectivity index (χ0) is 15.3. The molecule has 1 rings (SSSR count). The third-order valence-corrected chi connectivity index (χ3v) is 3.57. The minimum atomic E-state index is 0.412. The van der Waals surface area contributed by atoms with Crippen molar-refractivity contribution in [2.24, 2.45) is 0 Å². The van der Waals surface area contributed by atoms with E-state index in [0.717, 1.165) is 30.3 Å². The summed E-state index contributed by atoms with van der Waals surface area (Å²) in [7, 11) is 4.17.